The van der Waals surface area contributed by atoms with Crippen LogP contribution >= 0.6 is 11.6 Å². The van der Waals surface area contributed by atoms with Crippen LogP contribution in [0.3, 0.4) is 0 Å². The molecule has 1 aromatic rings. The van der Waals surface area contributed by atoms with Crippen molar-refractivity contribution in [1.82, 2.24) is 10.2 Å². The van der Waals surface area contributed by atoms with Crippen LogP contribution < -0.4 is 5.32 Å². The molecule has 2 unspecified atom stereocenters. The first-order chi connectivity index (χ1) is 9.93. The molecule has 1 saturated heterocycles. The Balaban J connectivity index is 2.10. The van der Waals surface area contributed by atoms with Crippen LogP contribution in [0.25, 0.3) is 0 Å². The summed E-state index contributed by atoms with van der Waals surface area (Å²) < 4.78 is 0. The normalized spacial score (nSPS) is 27.2. The van der Waals surface area contributed by atoms with Gasteiger partial charge in [0.05, 0.1) is 0 Å². The fraction of sp³-hybridized carbons (Fsp3) is 0.667. The first kappa shape index (κ1) is 16.8. The van der Waals surface area contributed by atoms with Crippen LogP contribution in [0, 0.1) is 5.92 Å². The lowest BCUT2D eigenvalue weighted by Crippen LogP contribution is -2.62. The smallest absolute Gasteiger partial charge is 0.0409 e. The van der Waals surface area contributed by atoms with Gasteiger partial charge in [0, 0.05) is 36.2 Å². The lowest BCUT2D eigenvalue weighted by Gasteiger charge is -2.48. The highest BCUT2D eigenvalue weighted by molar-refractivity contribution is 6.30. The molecule has 1 heterocycles. The summed E-state index contributed by atoms with van der Waals surface area (Å²) in [5.41, 5.74) is 1.54. The summed E-state index contributed by atoms with van der Waals surface area (Å²) in [6, 6.07) is 8.88. The molecule has 0 aromatic heterocycles. The third-order valence-electron chi connectivity index (χ3n) is 4.76. The molecule has 2 atom stereocenters. The molecule has 1 aromatic carbocycles. The predicted molar refractivity (Wildman–Crippen MR) is 91.8 cm³/mol. The molecule has 3 heteroatoms. The largest absolute Gasteiger partial charge is 0.311 e. The van der Waals surface area contributed by atoms with Crippen LogP contribution in [0.4, 0.5) is 0 Å². The quantitative estimate of drug-likeness (QED) is 0.871. The molecule has 0 amide bonds. The van der Waals surface area contributed by atoms with Crippen LogP contribution in [0.5, 0.6) is 0 Å². The highest BCUT2D eigenvalue weighted by Crippen LogP contribution is 2.27. The van der Waals surface area contributed by atoms with Crippen molar-refractivity contribution >= 4 is 11.6 Å². The number of nitrogens with zero attached hydrogens (tertiary/aromatic N) is 1. The molecule has 0 spiro atoms. The minimum absolute atomic E-state index is 0.232. The van der Waals surface area contributed by atoms with E-state index in [1.165, 1.54) is 12.0 Å². The monoisotopic (exact) mass is 308 g/mol. The zero-order chi connectivity index (χ0) is 15.5. The van der Waals surface area contributed by atoms with Gasteiger partial charge in [-0.25, -0.2) is 0 Å². The molecule has 2 rings (SSSR count). The molecule has 2 nitrogen and oxygen atoms in total. The number of hydrogen-bond donors (Lipinski definition) is 1. The molecular weight excluding hydrogens is 280 g/mol. The van der Waals surface area contributed by atoms with E-state index in [1.54, 1.807) is 0 Å². The van der Waals surface area contributed by atoms with E-state index < -0.39 is 0 Å². The van der Waals surface area contributed by atoms with Gasteiger partial charge in [0.25, 0.3) is 0 Å². The van der Waals surface area contributed by atoms with E-state index in [0.717, 1.165) is 37.0 Å². The average molecular weight is 309 g/mol. The maximum atomic E-state index is 6.13. The number of nitrogens with one attached hydrogen (secondary N) is 1. The molecule has 0 aliphatic carbocycles. The molecule has 1 aliphatic rings. The molecule has 1 aliphatic heterocycles. The van der Waals surface area contributed by atoms with Gasteiger partial charge in [-0.3, -0.25) is 4.90 Å². The first-order valence-corrected chi connectivity index (χ1v) is 8.53. The van der Waals surface area contributed by atoms with Gasteiger partial charge in [-0.15, -0.1) is 0 Å². The van der Waals surface area contributed by atoms with Crippen molar-refractivity contribution in [2.75, 3.05) is 13.1 Å². The number of rotatable bonds is 5. The van der Waals surface area contributed by atoms with E-state index in [1.807, 2.05) is 6.07 Å². The van der Waals surface area contributed by atoms with Crippen molar-refractivity contribution in [3.8, 4) is 0 Å². The van der Waals surface area contributed by atoms with Gasteiger partial charge in [-0.05, 0) is 43.4 Å². The molecule has 1 N–H and O–H groups in total. The highest BCUT2D eigenvalue weighted by atomic mass is 35.5. The summed E-state index contributed by atoms with van der Waals surface area (Å²) in [6.07, 6.45) is 2.40. The summed E-state index contributed by atoms with van der Waals surface area (Å²) in [4.78, 5) is 2.64. The van der Waals surface area contributed by atoms with E-state index in [0.29, 0.717) is 6.04 Å². The van der Waals surface area contributed by atoms with Gasteiger partial charge >= 0.3 is 0 Å². The van der Waals surface area contributed by atoms with Crippen LogP contribution in [0.1, 0.15) is 46.1 Å². The summed E-state index contributed by atoms with van der Waals surface area (Å²) in [7, 11) is 0. The van der Waals surface area contributed by atoms with Gasteiger partial charge < -0.3 is 5.32 Å². The first-order valence-electron chi connectivity index (χ1n) is 8.16. The van der Waals surface area contributed by atoms with E-state index in [-0.39, 0.29) is 5.54 Å². The average Bonchev–Trinajstić information content (AvgIpc) is 2.42. The van der Waals surface area contributed by atoms with Crippen molar-refractivity contribution < 1.29 is 0 Å². The van der Waals surface area contributed by atoms with Crippen molar-refractivity contribution in [2.45, 2.75) is 58.7 Å². The fourth-order valence-electron chi connectivity index (χ4n) is 3.21. The lowest BCUT2D eigenvalue weighted by atomic mass is 9.89. The minimum Gasteiger partial charge on any atom is -0.311 e. The Kier molecular flexibility index (Phi) is 5.70. The second-order valence-electron chi connectivity index (χ2n) is 7.07. The van der Waals surface area contributed by atoms with Crippen LogP contribution in [-0.2, 0) is 6.54 Å². The van der Waals surface area contributed by atoms with Crippen LogP contribution in [0.2, 0.25) is 5.02 Å². The van der Waals surface area contributed by atoms with E-state index in [9.17, 15) is 0 Å². The van der Waals surface area contributed by atoms with Crippen molar-refractivity contribution in [3.63, 3.8) is 0 Å². The zero-order valence-corrected chi connectivity index (χ0v) is 14.6. The summed E-state index contributed by atoms with van der Waals surface area (Å²) >= 11 is 6.13. The van der Waals surface area contributed by atoms with Crippen molar-refractivity contribution in [3.05, 3.63) is 34.9 Å². The van der Waals surface area contributed by atoms with E-state index in [2.05, 4.69) is 56.1 Å². The Morgan fingerprint density at radius 3 is 2.81 bits per heavy atom. The maximum Gasteiger partial charge on any atom is 0.0409 e. The second-order valence-corrected chi connectivity index (χ2v) is 7.50. The third-order valence-corrected chi connectivity index (χ3v) is 4.99. The second kappa shape index (κ2) is 7.13. The highest BCUT2D eigenvalue weighted by Gasteiger charge is 2.36. The molecule has 1 fully saturated rings. The molecule has 118 valence electrons. The topological polar surface area (TPSA) is 15.3 Å². The molecule has 21 heavy (non-hydrogen) atoms. The molecular formula is C18H29ClN2. The maximum absolute atomic E-state index is 6.13. The Bertz CT molecular complexity index is 460. The standard InChI is InChI=1S/C18H29ClN2/c1-5-18(4)13-20-17(9-14(2)3)12-21(18)11-15-7-6-8-16(19)10-15/h6-8,10,14,17,20H,5,9,11-13H2,1-4H3. The Morgan fingerprint density at radius 2 is 2.19 bits per heavy atom. The Labute approximate surface area is 134 Å². The third kappa shape index (κ3) is 4.45. The van der Waals surface area contributed by atoms with Crippen molar-refractivity contribution in [2.24, 2.45) is 5.92 Å². The SMILES string of the molecule is CCC1(C)CNC(CC(C)C)CN1Cc1cccc(Cl)c1. The van der Waals surface area contributed by atoms with Gasteiger partial charge in [-0.1, -0.05) is 44.5 Å². The lowest BCUT2D eigenvalue weighted by molar-refractivity contribution is 0.0372. The summed E-state index contributed by atoms with van der Waals surface area (Å²) in [6.45, 7) is 12.4. The molecule has 0 radical (unpaired) electrons. The van der Waals surface area contributed by atoms with Crippen molar-refractivity contribution in [1.29, 1.82) is 0 Å². The number of hydrogen-bond acceptors (Lipinski definition) is 2. The summed E-state index contributed by atoms with van der Waals surface area (Å²) in [5.74, 6) is 0.738. The van der Waals surface area contributed by atoms with Gasteiger partial charge in [-0.2, -0.15) is 0 Å². The van der Waals surface area contributed by atoms with Gasteiger partial charge in [0.2, 0.25) is 0 Å². The Hall–Kier alpha value is -0.570. The predicted octanol–water partition coefficient (Wildman–Crippen LogP) is 4.33. The fourth-order valence-corrected chi connectivity index (χ4v) is 3.43. The Morgan fingerprint density at radius 1 is 1.43 bits per heavy atom. The van der Waals surface area contributed by atoms with Gasteiger partial charge in [0.1, 0.15) is 0 Å². The molecule has 0 bridgehead atoms. The summed E-state index contributed by atoms with van der Waals surface area (Å²) in [5, 5.41) is 4.58. The van der Waals surface area contributed by atoms with E-state index >= 15 is 0 Å². The molecule has 0 saturated carbocycles. The number of benzene rings is 1. The number of piperazine rings is 1. The zero-order valence-electron chi connectivity index (χ0n) is 13.8. The van der Waals surface area contributed by atoms with Crippen LogP contribution in [0.15, 0.2) is 24.3 Å². The minimum atomic E-state index is 0.232. The van der Waals surface area contributed by atoms with Gasteiger partial charge in [0.15, 0.2) is 0 Å². The number of halogens is 1. The van der Waals surface area contributed by atoms with Crippen LogP contribution in [-0.4, -0.2) is 29.6 Å². The van der Waals surface area contributed by atoms with E-state index in [4.69, 9.17) is 11.6 Å².